The highest BCUT2D eigenvalue weighted by atomic mass is 16.5. The van der Waals surface area contributed by atoms with Gasteiger partial charge in [0.2, 0.25) is 0 Å². The van der Waals surface area contributed by atoms with Crippen LogP contribution in [0, 0.1) is 0 Å². The van der Waals surface area contributed by atoms with Crippen LogP contribution in [0.5, 0.6) is 34.5 Å². The molecule has 0 aliphatic carbocycles. The van der Waals surface area contributed by atoms with Gasteiger partial charge in [-0.1, -0.05) is 6.07 Å². The fourth-order valence-corrected chi connectivity index (χ4v) is 3.61. The van der Waals surface area contributed by atoms with Crippen LogP contribution >= 0.6 is 0 Å². The first kappa shape index (κ1) is 22.5. The van der Waals surface area contributed by atoms with E-state index in [1.165, 1.54) is 12.1 Å². The maximum Gasteiger partial charge on any atom is 0.162 e. The zero-order valence-electron chi connectivity index (χ0n) is 18.0. The number of pyridine rings is 1. The standard InChI is InChI=1S/C24H25NO8/c1-30-17-4-3-15(25-12-17)13-32-23-8-14(2-5-21(23)31-7-6-26)24-20(29)11-18-19(28)9-16(27)10-22(18)33-24/h2-5,8-10,12,20,24,26-29H,6-7,11,13H2,1H3. The molecule has 0 bridgehead atoms. The minimum Gasteiger partial charge on any atom is -0.508 e. The lowest BCUT2D eigenvalue weighted by Gasteiger charge is -2.31. The zero-order valence-corrected chi connectivity index (χ0v) is 18.0. The number of fused-ring (bicyclic) bond motifs is 1. The molecule has 9 heteroatoms. The number of rotatable bonds is 8. The summed E-state index contributed by atoms with van der Waals surface area (Å²) in [6.07, 6.45) is 0.0495. The molecule has 33 heavy (non-hydrogen) atoms. The van der Waals surface area contributed by atoms with Crippen molar-refractivity contribution in [3.63, 3.8) is 0 Å². The summed E-state index contributed by atoms with van der Waals surface area (Å²) in [5.41, 5.74) is 1.72. The predicted octanol–water partition coefficient (Wildman–Crippen LogP) is 2.49. The number of hydrogen-bond donors (Lipinski definition) is 4. The van der Waals surface area contributed by atoms with Crippen LogP contribution in [-0.4, -0.2) is 51.8 Å². The maximum atomic E-state index is 10.7. The summed E-state index contributed by atoms with van der Waals surface area (Å²) in [4.78, 5) is 4.28. The SMILES string of the molecule is COc1ccc(COc2cc(C3Oc4cc(O)cc(O)c4CC3O)ccc2OCCO)nc1. The summed E-state index contributed by atoms with van der Waals surface area (Å²) in [6.45, 7) is 0.0853. The van der Waals surface area contributed by atoms with Crippen molar-refractivity contribution in [1.82, 2.24) is 4.98 Å². The van der Waals surface area contributed by atoms with Gasteiger partial charge in [-0.05, 0) is 29.8 Å². The van der Waals surface area contributed by atoms with Crippen molar-refractivity contribution >= 4 is 0 Å². The minimum absolute atomic E-state index is 0.0883. The third-order valence-electron chi connectivity index (χ3n) is 5.24. The number of phenols is 2. The molecule has 2 aromatic carbocycles. The Morgan fingerprint density at radius 3 is 2.64 bits per heavy atom. The molecule has 9 nitrogen and oxygen atoms in total. The van der Waals surface area contributed by atoms with E-state index in [0.29, 0.717) is 39.8 Å². The molecule has 2 unspecified atom stereocenters. The molecule has 174 valence electrons. The fraction of sp³-hybridized carbons (Fsp3) is 0.292. The van der Waals surface area contributed by atoms with Crippen LogP contribution in [0.1, 0.15) is 22.9 Å². The van der Waals surface area contributed by atoms with Crippen molar-refractivity contribution in [3.8, 4) is 34.5 Å². The molecule has 1 aromatic heterocycles. The van der Waals surface area contributed by atoms with Crippen LogP contribution in [0.15, 0.2) is 48.7 Å². The lowest BCUT2D eigenvalue weighted by molar-refractivity contribution is 0.0196. The van der Waals surface area contributed by atoms with Gasteiger partial charge in [-0.2, -0.15) is 0 Å². The number of aromatic hydroxyl groups is 2. The Kier molecular flexibility index (Phi) is 6.71. The minimum atomic E-state index is -0.937. The lowest BCUT2D eigenvalue weighted by atomic mass is 9.94. The van der Waals surface area contributed by atoms with E-state index in [1.807, 2.05) is 0 Å². The molecule has 0 fully saturated rings. The van der Waals surface area contributed by atoms with Crippen molar-refractivity contribution in [1.29, 1.82) is 0 Å². The van der Waals surface area contributed by atoms with Gasteiger partial charge in [0.05, 0.1) is 31.7 Å². The van der Waals surface area contributed by atoms with Crippen molar-refractivity contribution in [2.75, 3.05) is 20.3 Å². The van der Waals surface area contributed by atoms with Crippen molar-refractivity contribution < 1.29 is 39.4 Å². The Balaban J connectivity index is 1.59. The number of hydrogen-bond acceptors (Lipinski definition) is 9. The van der Waals surface area contributed by atoms with E-state index in [0.717, 1.165) is 0 Å². The van der Waals surface area contributed by atoms with E-state index >= 15 is 0 Å². The van der Waals surface area contributed by atoms with Crippen molar-refractivity contribution in [2.45, 2.75) is 25.2 Å². The van der Waals surface area contributed by atoms with Gasteiger partial charge in [0.15, 0.2) is 11.5 Å². The van der Waals surface area contributed by atoms with E-state index < -0.39 is 12.2 Å². The molecule has 0 spiro atoms. The Bertz CT molecular complexity index is 1100. The predicted molar refractivity (Wildman–Crippen MR) is 117 cm³/mol. The van der Waals surface area contributed by atoms with Gasteiger partial charge < -0.3 is 39.4 Å². The Hall–Kier alpha value is -3.69. The van der Waals surface area contributed by atoms with Crippen LogP contribution in [0.4, 0.5) is 0 Å². The second-order valence-corrected chi connectivity index (χ2v) is 7.51. The summed E-state index contributed by atoms with van der Waals surface area (Å²) in [5, 5.41) is 39.7. The second-order valence-electron chi connectivity index (χ2n) is 7.51. The van der Waals surface area contributed by atoms with E-state index in [1.54, 1.807) is 43.6 Å². The van der Waals surface area contributed by atoms with Crippen LogP contribution in [0.3, 0.4) is 0 Å². The van der Waals surface area contributed by atoms with Crippen LogP contribution in [0.2, 0.25) is 0 Å². The molecule has 4 N–H and O–H groups in total. The summed E-state index contributed by atoms with van der Waals surface area (Å²) >= 11 is 0. The maximum absolute atomic E-state index is 10.7. The molecular weight excluding hydrogens is 430 g/mol. The van der Waals surface area contributed by atoms with Gasteiger partial charge in [0.1, 0.15) is 42.3 Å². The quantitative estimate of drug-likeness (QED) is 0.405. The highest BCUT2D eigenvalue weighted by Gasteiger charge is 2.32. The Labute approximate surface area is 190 Å². The van der Waals surface area contributed by atoms with Gasteiger partial charge in [0.25, 0.3) is 0 Å². The summed E-state index contributed by atoms with van der Waals surface area (Å²) < 4.78 is 22.6. The molecule has 0 amide bonds. The monoisotopic (exact) mass is 455 g/mol. The summed E-state index contributed by atoms with van der Waals surface area (Å²) in [7, 11) is 1.56. The fourth-order valence-electron chi connectivity index (χ4n) is 3.61. The Morgan fingerprint density at radius 1 is 1.06 bits per heavy atom. The third kappa shape index (κ3) is 5.05. The average molecular weight is 455 g/mol. The first-order chi connectivity index (χ1) is 16.0. The second kappa shape index (κ2) is 9.85. The zero-order chi connectivity index (χ0) is 23.4. The first-order valence-electron chi connectivity index (χ1n) is 10.4. The lowest BCUT2D eigenvalue weighted by Crippen LogP contribution is -2.30. The van der Waals surface area contributed by atoms with Crippen molar-refractivity contribution in [3.05, 3.63) is 65.5 Å². The topological polar surface area (TPSA) is 131 Å². The number of nitrogens with zero attached hydrogens (tertiary/aromatic N) is 1. The van der Waals surface area contributed by atoms with Gasteiger partial charge in [-0.15, -0.1) is 0 Å². The third-order valence-corrected chi connectivity index (χ3v) is 5.24. The van der Waals surface area contributed by atoms with Gasteiger partial charge in [-0.25, -0.2) is 0 Å². The van der Waals surface area contributed by atoms with E-state index in [-0.39, 0.29) is 37.7 Å². The normalized spacial score (nSPS) is 17.1. The van der Waals surface area contributed by atoms with Crippen LogP contribution < -0.4 is 18.9 Å². The van der Waals surface area contributed by atoms with Crippen LogP contribution in [0.25, 0.3) is 0 Å². The summed E-state index contributed by atoms with van der Waals surface area (Å²) in [5.74, 6) is 1.47. The van der Waals surface area contributed by atoms with Crippen LogP contribution in [-0.2, 0) is 13.0 Å². The van der Waals surface area contributed by atoms with E-state index in [2.05, 4.69) is 4.98 Å². The molecule has 2 atom stereocenters. The number of methoxy groups -OCH3 is 1. The molecule has 4 rings (SSSR count). The molecule has 2 heterocycles. The number of ether oxygens (including phenoxy) is 4. The molecule has 0 radical (unpaired) electrons. The van der Waals surface area contributed by atoms with Gasteiger partial charge in [-0.3, -0.25) is 4.98 Å². The molecule has 0 saturated heterocycles. The summed E-state index contributed by atoms with van der Waals surface area (Å²) in [6, 6.07) is 11.3. The number of aliphatic hydroxyl groups excluding tert-OH is 2. The van der Waals surface area contributed by atoms with Crippen molar-refractivity contribution in [2.24, 2.45) is 0 Å². The Morgan fingerprint density at radius 2 is 1.91 bits per heavy atom. The smallest absolute Gasteiger partial charge is 0.162 e. The highest BCUT2D eigenvalue weighted by molar-refractivity contribution is 5.52. The molecule has 1 aliphatic rings. The number of aromatic nitrogens is 1. The first-order valence-corrected chi connectivity index (χ1v) is 10.4. The highest BCUT2D eigenvalue weighted by Crippen LogP contribution is 2.43. The molecule has 0 saturated carbocycles. The number of phenolic OH excluding ortho intramolecular Hbond substituents is 2. The molecule has 3 aromatic rings. The van der Waals surface area contributed by atoms with E-state index in [4.69, 9.17) is 24.1 Å². The van der Waals surface area contributed by atoms with Gasteiger partial charge in [0, 0.05) is 24.1 Å². The van der Waals surface area contributed by atoms with Gasteiger partial charge >= 0.3 is 0 Å². The number of aliphatic hydroxyl groups is 2. The average Bonchev–Trinajstić information content (AvgIpc) is 2.82. The number of benzene rings is 2. The molecule has 1 aliphatic heterocycles. The molecular formula is C24H25NO8. The largest absolute Gasteiger partial charge is 0.508 e. The van der Waals surface area contributed by atoms with E-state index in [9.17, 15) is 15.3 Å².